The van der Waals surface area contributed by atoms with E-state index in [0.29, 0.717) is 5.76 Å². The van der Waals surface area contributed by atoms with Gasteiger partial charge in [0.2, 0.25) is 0 Å². The predicted molar refractivity (Wildman–Crippen MR) is 47.8 cm³/mol. The van der Waals surface area contributed by atoms with E-state index in [1.165, 1.54) is 4.90 Å². The van der Waals surface area contributed by atoms with Crippen molar-refractivity contribution in [2.24, 2.45) is 0 Å². The predicted octanol–water partition coefficient (Wildman–Crippen LogP) is 2.69. The molecule has 56 valence electrons. The van der Waals surface area contributed by atoms with Gasteiger partial charge >= 0.3 is 0 Å². The number of aliphatic hydroxyl groups excluding tert-OH is 1. The molecule has 0 bridgehead atoms. The second-order valence-corrected chi connectivity index (χ2v) is 3.46. The topological polar surface area (TPSA) is 20.2 Å². The Balaban J connectivity index is 2.56. The summed E-state index contributed by atoms with van der Waals surface area (Å²) in [5.41, 5.74) is 0.962. The molecule has 1 aliphatic heterocycles. The van der Waals surface area contributed by atoms with Crippen molar-refractivity contribution in [1.29, 1.82) is 0 Å². The van der Waals surface area contributed by atoms with E-state index in [-0.39, 0.29) is 0 Å². The molecule has 0 saturated carbocycles. The van der Waals surface area contributed by atoms with E-state index in [2.05, 4.69) is 0 Å². The lowest BCUT2D eigenvalue weighted by atomic mass is 10.2. The van der Waals surface area contributed by atoms with Gasteiger partial charge in [-0.1, -0.05) is 18.2 Å². The van der Waals surface area contributed by atoms with E-state index in [0.717, 1.165) is 11.3 Å². The number of aliphatic hydroxyl groups is 1. The number of hydrogen-bond acceptors (Lipinski definition) is 2. The first-order valence-electron chi connectivity index (χ1n) is 3.49. The minimum Gasteiger partial charge on any atom is -0.508 e. The van der Waals surface area contributed by atoms with Crippen molar-refractivity contribution in [2.75, 3.05) is 5.75 Å². The molecular weight excluding hydrogens is 156 g/mol. The summed E-state index contributed by atoms with van der Waals surface area (Å²) in [6.07, 6.45) is 1.84. The van der Waals surface area contributed by atoms with Crippen LogP contribution in [0, 0.1) is 0 Å². The molecule has 1 aromatic rings. The van der Waals surface area contributed by atoms with Crippen LogP contribution in [-0.2, 0) is 0 Å². The molecule has 1 heterocycles. The molecule has 0 atom stereocenters. The average molecular weight is 164 g/mol. The highest BCUT2D eigenvalue weighted by atomic mass is 32.2. The van der Waals surface area contributed by atoms with Crippen molar-refractivity contribution in [3.63, 3.8) is 0 Å². The molecule has 0 unspecified atom stereocenters. The highest BCUT2D eigenvalue weighted by Gasteiger charge is 2.09. The fourth-order valence-electron chi connectivity index (χ4n) is 1.12. The number of benzene rings is 1. The number of hydrogen-bond donors (Lipinski definition) is 1. The summed E-state index contributed by atoms with van der Waals surface area (Å²) < 4.78 is 0. The Hall–Kier alpha value is -0.890. The fraction of sp³-hybridized carbons (Fsp3) is 0.111. The van der Waals surface area contributed by atoms with E-state index < -0.39 is 0 Å². The van der Waals surface area contributed by atoms with E-state index in [1.54, 1.807) is 11.8 Å². The van der Waals surface area contributed by atoms with Gasteiger partial charge in [0.25, 0.3) is 0 Å². The average Bonchev–Trinajstić information content (AvgIpc) is 2.06. The van der Waals surface area contributed by atoms with E-state index >= 15 is 0 Å². The monoisotopic (exact) mass is 164 g/mol. The van der Waals surface area contributed by atoms with Crippen LogP contribution in [0.15, 0.2) is 35.2 Å². The molecule has 1 N–H and O–H groups in total. The van der Waals surface area contributed by atoms with Crippen LogP contribution in [0.5, 0.6) is 0 Å². The first-order chi connectivity index (χ1) is 5.38. The smallest absolute Gasteiger partial charge is 0.120 e. The van der Waals surface area contributed by atoms with Crippen LogP contribution in [0.1, 0.15) is 5.56 Å². The molecule has 0 amide bonds. The summed E-state index contributed by atoms with van der Waals surface area (Å²) in [6, 6.07) is 7.90. The van der Waals surface area contributed by atoms with Gasteiger partial charge in [-0.2, -0.15) is 0 Å². The number of rotatable bonds is 0. The lowest BCUT2D eigenvalue weighted by Crippen LogP contribution is -1.93. The molecule has 0 radical (unpaired) electrons. The second kappa shape index (κ2) is 2.62. The maximum Gasteiger partial charge on any atom is 0.120 e. The van der Waals surface area contributed by atoms with Crippen LogP contribution in [0.3, 0.4) is 0 Å². The van der Waals surface area contributed by atoms with Gasteiger partial charge in [0.05, 0.1) is 0 Å². The first kappa shape index (κ1) is 6.80. The zero-order valence-electron chi connectivity index (χ0n) is 5.95. The van der Waals surface area contributed by atoms with Crippen LogP contribution in [0.2, 0.25) is 0 Å². The Morgan fingerprint density at radius 2 is 2.09 bits per heavy atom. The summed E-state index contributed by atoms with van der Waals surface area (Å²) in [5.74, 6) is 1.29. The van der Waals surface area contributed by atoms with Crippen LogP contribution >= 0.6 is 11.8 Å². The lowest BCUT2D eigenvalue weighted by molar-refractivity contribution is 0.508. The van der Waals surface area contributed by atoms with Crippen molar-refractivity contribution in [1.82, 2.24) is 0 Å². The van der Waals surface area contributed by atoms with E-state index in [4.69, 9.17) is 0 Å². The molecule has 0 fully saturated rings. The Morgan fingerprint density at radius 3 is 2.91 bits per heavy atom. The van der Waals surface area contributed by atoms with Crippen molar-refractivity contribution < 1.29 is 5.11 Å². The summed E-state index contributed by atoms with van der Waals surface area (Å²) >= 11 is 1.76. The van der Waals surface area contributed by atoms with Crippen LogP contribution < -0.4 is 0 Å². The summed E-state index contributed by atoms with van der Waals surface area (Å²) in [6.45, 7) is 0. The van der Waals surface area contributed by atoms with E-state index in [1.807, 2.05) is 30.3 Å². The SMILES string of the molecule is OC1=CCSc2ccccc21. The van der Waals surface area contributed by atoms with Crippen LogP contribution in [0.4, 0.5) is 0 Å². The van der Waals surface area contributed by atoms with Gasteiger partial charge in [0.15, 0.2) is 0 Å². The molecule has 1 nitrogen and oxygen atoms in total. The van der Waals surface area contributed by atoms with Gasteiger partial charge < -0.3 is 5.11 Å². The minimum atomic E-state index is 0.416. The van der Waals surface area contributed by atoms with Crippen molar-refractivity contribution in [3.8, 4) is 0 Å². The van der Waals surface area contributed by atoms with Gasteiger partial charge in [-0.3, -0.25) is 0 Å². The molecule has 0 spiro atoms. The van der Waals surface area contributed by atoms with E-state index in [9.17, 15) is 5.11 Å². The molecular formula is C9H8OS. The lowest BCUT2D eigenvalue weighted by Gasteiger charge is -2.11. The van der Waals surface area contributed by atoms with Gasteiger partial charge in [-0.05, 0) is 12.1 Å². The maximum atomic E-state index is 9.41. The third-order valence-electron chi connectivity index (χ3n) is 1.68. The molecule has 0 saturated heterocycles. The quantitative estimate of drug-likeness (QED) is 0.636. The molecule has 1 aromatic carbocycles. The first-order valence-corrected chi connectivity index (χ1v) is 4.48. The van der Waals surface area contributed by atoms with Crippen molar-refractivity contribution in [2.45, 2.75) is 4.90 Å². The van der Waals surface area contributed by atoms with Gasteiger partial charge in [-0.15, -0.1) is 11.8 Å². The molecule has 2 rings (SSSR count). The van der Waals surface area contributed by atoms with Crippen molar-refractivity contribution in [3.05, 3.63) is 35.9 Å². The largest absolute Gasteiger partial charge is 0.508 e. The summed E-state index contributed by atoms with van der Waals surface area (Å²) in [7, 11) is 0. The highest BCUT2D eigenvalue weighted by Crippen LogP contribution is 2.31. The zero-order valence-corrected chi connectivity index (χ0v) is 6.77. The molecule has 2 heteroatoms. The number of thioether (sulfide) groups is 1. The van der Waals surface area contributed by atoms with Crippen LogP contribution in [0.25, 0.3) is 5.76 Å². The molecule has 0 aliphatic carbocycles. The van der Waals surface area contributed by atoms with Gasteiger partial charge in [0.1, 0.15) is 5.76 Å². The van der Waals surface area contributed by atoms with Gasteiger partial charge in [-0.25, -0.2) is 0 Å². The van der Waals surface area contributed by atoms with Crippen LogP contribution in [-0.4, -0.2) is 10.9 Å². The fourth-order valence-corrected chi connectivity index (χ4v) is 2.05. The maximum absolute atomic E-state index is 9.41. The zero-order chi connectivity index (χ0) is 7.68. The minimum absolute atomic E-state index is 0.416. The third-order valence-corrected chi connectivity index (χ3v) is 2.68. The number of fused-ring (bicyclic) bond motifs is 1. The summed E-state index contributed by atoms with van der Waals surface area (Å²) in [5, 5.41) is 9.41. The highest BCUT2D eigenvalue weighted by molar-refractivity contribution is 7.99. The normalized spacial score (nSPS) is 15.5. The Bertz CT molecular complexity index is 304. The Morgan fingerprint density at radius 1 is 1.27 bits per heavy atom. The second-order valence-electron chi connectivity index (χ2n) is 2.40. The molecule has 11 heavy (non-hydrogen) atoms. The van der Waals surface area contributed by atoms with Gasteiger partial charge in [0, 0.05) is 16.2 Å². The standard InChI is InChI=1S/C9H8OS/c10-8-5-6-11-9-4-2-1-3-7(8)9/h1-5,10H,6H2. The molecule has 1 aliphatic rings. The van der Waals surface area contributed by atoms with Crippen molar-refractivity contribution >= 4 is 17.5 Å². The Labute approximate surface area is 69.7 Å². The summed E-state index contributed by atoms with van der Waals surface area (Å²) in [4.78, 5) is 1.17. The third kappa shape index (κ3) is 1.14. The molecule has 0 aromatic heterocycles. The Kier molecular flexibility index (Phi) is 1.62.